The average molecular weight is 462 g/mol. The summed E-state index contributed by atoms with van der Waals surface area (Å²) in [4.78, 5) is 20.1. The Morgan fingerprint density at radius 1 is 0.903 bits per heavy atom. The van der Waals surface area contributed by atoms with Crippen molar-refractivity contribution in [3.63, 3.8) is 0 Å². The molecule has 0 aliphatic rings. The lowest BCUT2D eigenvalue weighted by atomic mass is 10.1. The van der Waals surface area contributed by atoms with Gasteiger partial charge in [-0.3, -0.25) is 9.52 Å². The molecule has 31 heavy (non-hydrogen) atoms. The average Bonchev–Trinajstić information content (AvgIpc) is 2.69. The lowest BCUT2D eigenvalue weighted by Crippen LogP contribution is -2.16. The standard InChI is InChI=1S/C19H19N5O5S2/c1-13-12-14(4-9-17(13)23-30(2,26)27)18(25)22-15-5-7-16(8-6-15)31(28,29)24-19-20-10-3-11-21-19/h3-12,23H,1-2H3,(H,22,25)(H,20,21,24). The molecule has 0 saturated heterocycles. The number of rotatable bonds is 7. The van der Waals surface area contributed by atoms with Crippen LogP contribution in [0.15, 0.2) is 65.8 Å². The summed E-state index contributed by atoms with van der Waals surface area (Å²) in [6.07, 6.45) is 3.86. The summed E-state index contributed by atoms with van der Waals surface area (Å²) in [5, 5.41) is 2.66. The van der Waals surface area contributed by atoms with E-state index in [0.717, 1.165) is 6.26 Å². The molecule has 2 aromatic carbocycles. The summed E-state index contributed by atoms with van der Waals surface area (Å²) in [7, 11) is -7.31. The molecule has 0 aliphatic carbocycles. The van der Waals surface area contributed by atoms with E-state index in [9.17, 15) is 21.6 Å². The Morgan fingerprint density at radius 2 is 1.55 bits per heavy atom. The highest BCUT2D eigenvalue weighted by Crippen LogP contribution is 2.20. The van der Waals surface area contributed by atoms with Gasteiger partial charge in [-0.25, -0.2) is 31.5 Å². The molecule has 0 unspecified atom stereocenters. The molecular formula is C19H19N5O5S2. The van der Waals surface area contributed by atoms with E-state index in [0.29, 0.717) is 22.5 Å². The highest BCUT2D eigenvalue weighted by Gasteiger charge is 2.16. The van der Waals surface area contributed by atoms with Gasteiger partial charge in [0.25, 0.3) is 15.9 Å². The van der Waals surface area contributed by atoms with E-state index < -0.39 is 26.0 Å². The number of nitrogens with one attached hydrogen (secondary N) is 3. The summed E-state index contributed by atoms with van der Waals surface area (Å²) in [6.45, 7) is 1.67. The Balaban J connectivity index is 1.71. The summed E-state index contributed by atoms with van der Waals surface area (Å²) < 4.78 is 52.2. The quantitative estimate of drug-likeness (QED) is 0.489. The maximum absolute atomic E-state index is 12.5. The van der Waals surface area contributed by atoms with E-state index in [-0.39, 0.29) is 10.8 Å². The molecule has 12 heteroatoms. The second-order valence-corrected chi connectivity index (χ2v) is 9.99. The van der Waals surface area contributed by atoms with Crippen LogP contribution in [0.1, 0.15) is 15.9 Å². The number of hydrogen-bond acceptors (Lipinski definition) is 7. The Hall–Kier alpha value is -3.51. The van der Waals surface area contributed by atoms with Gasteiger partial charge in [-0.2, -0.15) is 0 Å². The molecule has 0 atom stereocenters. The van der Waals surface area contributed by atoms with Gasteiger partial charge in [-0.15, -0.1) is 0 Å². The lowest BCUT2D eigenvalue weighted by molar-refractivity contribution is 0.102. The van der Waals surface area contributed by atoms with Crippen LogP contribution in [0.3, 0.4) is 0 Å². The number of benzene rings is 2. The Bertz CT molecular complexity index is 1310. The summed E-state index contributed by atoms with van der Waals surface area (Å²) in [6, 6.07) is 11.7. The maximum Gasteiger partial charge on any atom is 0.264 e. The van der Waals surface area contributed by atoms with E-state index in [2.05, 4.69) is 24.7 Å². The van der Waals surface area contributed by atoms with Crippen molar-refractivity contribution in [2.45, 2.75) is 11.8 Å². The fourth-order valence-electron chi connectivity index (χ4n) is 2.57. The molecule has 1 heterocycles. The maximum atomic E-state index is 12.5. The number of sulfonamides is 2. The molecule has 3 aromatic rings. The van der Waals surface area contributed by atoms with Crippen molar-refractivity contribution in [2.75, 3.05) is 21.0 Å². The molecule has 3 N–H and O–H groups in total. The smallest absolute Gasteiger partial charge is 0.264 e. The topological polar surface area (TPSA) is 147 Å². The molecule has 0 aliphatic heterocycles. The molecule has 0 bridgehead atoms. The predicted molar refractivity (Wildman–Crippen MR) is 117 cm³/mol. The van der Waals surface area contributed by atoms with Gasteiger partial charge in [-0.05, 0) is 61.0 Å². The molecule has 1 amide bonds. The van der Waals surface area contributed by atoms with Crippen molar-refractivity contribution in [2.24, 2.45) is 0 Å². The zero-order chi connectivity index (χ0) is 22.6. The normalized spacial score (nSPS) is 11.5. The van der Waals surface area contributed by atoms with Crippen LogP contribution in [0.25, 0.3) is 0 Å². The second kappa shape index (κ2) is 8.70. The van der Waals surface area contributed by atoms with Gasteiger partial charge in [-0.1, -0.05) is 0 Å². The first kappa shape index (κ1) is 22.2. The number of carbonyl (C=O) groups excluding carboxylic acids is 1. The van der Waals surface area contributed by atoms with Crippen molar-refractivity contribution in [3.05, 3.63) is 72.1 Å². The van der Waals surface area contributed by atoms with Crippen molar-refractivity contribution < 1.29 is 21.6 Å². The molecule has 10 nitrogen and oxygen atoms in total. The third-order valence-corrected chi connectivity index (χ3v) is 5.93. The zero-order valence-electron chi connectivity index (χ0n) is 16.5. The van der Waals surface area contributed by atoms with Gasteiger partial charge < -0.3 is 5.32 Å². The molecule has 0 fully saturated rings. The van der Waals surface area contributed by atoms with Crippen molar-refractivity contribution in [1.29, 1.82) is 0 Å². The Morgan fingerprint density at radius 3 is 2.13 bits per heavy atom. The monoisotopic (exact) mass is 461 g/mol. The predicted octanol–water partition coefficient (Wildman–Crippen LogP) is 2.21. The van der Waals surface area contributed by atoms with Gasteiger partial charge in [0.1, 0.15) is 0 Å². The molecule has 0 spiro atoms. The molecule has 0 radical (unpaired) electrons. The zero-order valence-corrected chi connectivity index (χ0v) is 18.2. The van der Waals surface area contributed by atoms with Crippen LogP contribution in [-0.2, 0) is 20.0 Å². The number of carbonyl (C=O) groups is 1. The molecule has 0 saturated carbocycles. The lowest BCUT2D eigenvalue weighted by Gasteiger charge is -2.11. The Kier molecular flexibility index (Phi) is 6.22. The van der Waals surface area contributed by atoms with Crippen molar-refractivity contribution >= 4 is 43.3 Å². The fraction of sp³-hybridized carbons (Fsp3) is 0.105. The van der Waals surface area contributed by atoms with Gasteiger partial charge in [0.05, 0.1) is 16.8 Å². The van der Waals surface area contributed by atoms with Crippen molar-refractivity contribution in [1.82, 2.24) is 9.97 Å². The number of hydrogen-bond donors (Lipinski definition) is 3. The first-order chi connectivity index (χ1) is 14.5. The third-order valence-electron chi connectivity index (χ3n) is 4.00. The van der Waals surface area contributed by atoms with Crippen LogP contribution in [0.2, 0.25) is 0 Å². The van der Waals surface area contributed by atoms with Gasteiger partial charge in [0.15, 0.2) is 0 Å². The van der Waals surface area contributed by atoms with E-state index in [1.54, 1.807) is 19.1 Å². The van der Waals surface area contributed by atoms with Gasteiger partial charge in [0.2, 0.25) is 16.0 Å². The largest absolute Gasteiger partial charge is 0.322 e. The molecule has 1 aromatic heterocycles. The third kappa shape index (κ3) is 5.99. The van der Waals surface area contributed by atoms with Crippen LogP contribution < -0.4 is 14.8 Å². The number of aryl methyl sites for hydroxylation is 1. The first-order valence-electron chi connectivity index (χ1n) is 8.83. The van der Waals surface area contributed by atoms with Crippen LogP contribution in [0.4, 0.5) is 17.3 Å². The summed E-state index contributed by atoms with van der Waals surface area (Å²) in [5.41, 5.74) is 1.66. The van der Waals surface area contributed by atoms with E-state index >= 15 is 0 Å². The minimum Gasteiger partial charge on any atom is -0.322 e. The van der Waals surface area contributed by atoms with Crippen molar-refractivity contribution in [3.8, 4) is 0 Å². The van der Waals surface area contributed by atoms with E-state index in [1.165, 1.54) is 48.8 Å². The number of amides is 1. The van der Waals surface area contributed by atoms with Gasteiger partial charge in [0, 0.05) is 23.6 Å². The molecule has 3 rings (SSSR count). The Labute approximate surface area is 179 Å². The second-order valence-electron chi connectivity index (χ2n) is 6.56. The van der Waals surface area contributed by atoms with E-state index in [4.69, 9.17) is 0 Å². The highest BCUT2D eigenvalue weighted by atomic mass is 32.2. The number of anilines is 3. The fourth-order valence-corrected chi connectivity index (χ4v) is 4.16. The SMILES string of the molecule is Cc1cc(C(=O)Nc2ccc(S(=O)(=O)Nc3ncccn3)cc2)ccc1NS(C)(=O)=O. The van der Waals surface area contributed by atoms with Gasteiger partial charge >= 0.3 is 0 Å². The minimum absolute atomic E-state index is 0.0231. The number of nitrogens with zero attached hydrogens (tertiary/aromatic N) is 2. The minimum atomic E-state index is -3.88. The summed E-state index contributed by atoms with van der Waals surface area (Å²) in [5.74, 6) is -0.482. The van der Waals surface area contributed by atoms with Crippen LogP contribution in [0.5, 0.6) is 0 Å². The highest BCUT2D eigenvalue weighted by molar-refractivity contribution is 7.92. The van der Waals surface area contributed by atoms with Crippen LogP contribution in [0, 0.1) is 6.92 Å². The number of aromatic nitrogens is 2. The van der Waals surface area contributed by atoms with Crippen LogP contribution >= 0.6 is 0 Å². The first-order valence-corrected chi connectivity index (χ1v) is 12.2. The summed E-state index contributed by atoms with van der Waals surface area (Å²) >= 11 is 0. The van der Waals surface area contributed by atoms with E-state index in [1.807, 2.05) is 0 Å². The van der Waals surface area contributed by atoms with Crippen LogP contribution in [-0.4, -0.2) is 39.0 Å². The molecule has 162 valence electrons. The molecular weight excluding hydrogens is 442 g/mol.